The van der Waals surface area contributed by atoms with Gasteiger partial charge in [0.2, 0.25) is 16.0 Å². The smallest absolute Gasteiger partial charge is 0.308 e. The van der Waals surface area contributed by atoms with Crippen molar-refractivity contribution in [3.63, 3.8) is 0 Å². The number of anilines is 1. The molecule has 0 fully saturated rings. The number of hydrogen-bond donors (Lipinski definition) is 1. The van der Waals surface area contributed by atoms with Crippen LogP contribution in [0, 0.1) is 11.7 Å². The van der Waals surface area contributed by atoms with Crippen molar-refractivity contribution in [2.45, 2.75) is 45.6 Å². The lowest BCUT2D eigenvalue weighted by Crippen LogP contribution is -2.27. The molecule has 34 heavy (non-hydrogen) atoms. The molecule has 0 aliphatic rings. The number of ether oxygens (including phenoxy) is 1. The second-order valence-corrected chi connectivity index (χ2v) is 10.6. The van der Waals surface area contributed by atoms with Crippen LogP contribution in [0.2, 0.25) is 0 Å². The van der Waals surface area contributed by atoms with Gasteiger partial charge in [0.1, 0.15) is 5.82 Å². The average Bonchev–Trinajstić information content (AvgIpc) is 2.76. The van der Waals surface area contributed by atoms with E-state index in [-0.39, 0.29) is 24.2 Å². The topological polar surface area (TPSA) is 110 Å². The van der Waals surface area contributed by atoms with Crippen LogP contribution in [0.4, 0.5) is 10.3 Å². The second-order valence-electron chi connectivity index (χ2n) is 8.57. The van der Waals surface area contributed by atoms with Crippen LogP contribution in [0.5, 0.6) is 0 Å². The number of carbonyl (C=O) groups excluding carboxylic acids is 1. The van der Waals surface area contributed by atoms with Gasteiger partial charge in [0.05, 0.1) is 37.3 Å². The normalized spacial score (nSPS) is 13.8. The number of esters is 1. The Bertz CT molecular complexity index is 1130. The second kappa shape index (κ2) is 11.5. The Hall–Kier alpha value is -2.85. The molecule has 0 radical (unpaired) electrons. The minimum Gasteiger partial charge on any atom is -0.469 e. The fourth-order valence-corrected chi connectivity index (χ4v) is 3.70. The summed E-state index contributed by atoms with van der Waals surface area (Å²) in [4.78, 5) is 20.4. The molecule has 0 saturated carbocycles. The van der Waals surface area contributed by atoms with E-state index in [2.05, 4.69) is 14.7 Å². The number of aromatic nitrogens is 2. The van der Waals surface area contributed by atoms with Gasteiger partial charge >= 0.3 is 5.97 Å². The maximum atomic E-state index is 13.6. The van der Waals surface area contributed by atoms with Crippen molar-refractivity contribution in [3.8, 4) is 11.3 Å². The van der Waals surface area contributed by atoms with Gasteiger partial charge in [-0.25, -0.2) is 27.1 Å². The van der Waals surface area contributed by atoms with Crippen LogP contribution >= 0.6 is 0 Å². The number of benzene rings is 1. The molecule has 2 atom stereocenters. The Morgan fingerprint density at radius 2 is 1.82 bits per heavy atom. The van der Waals surface area contributed by atoms with Crippen LogP contribution in [0.3, 0.4) is 0 Å². The standard InChI is InChI=1S/C24H32FN3O5S/c1-15(2)22-20(12-7-16(3)13-19(29)14-21(30)33-5)23(17-8-10-18(25)11-9-17)27-24(26-22)28(4)34(6,31)32/h7-12,15-16,19,29H,13-14H2,1-6H3/b12-7+/t16-,19-/m1/s1. The summed E-state index contributed by atoms with van der Waals surface area (Å²) in [5.41, 5.74) is 2.36. The molecule has 2 rings (SSSR count). The summed E-state index contributed by atoms with van der Waals surface area (Å²) in [5.74, 6) is -1.04. The van der Waals surface area contributed by atoms with Gasteiger partial charge in [-0.3, -0.25) is 4.79 Å². The molecule has 10 heteroatoms. The van der Waals surface area contributed by atoms with Crippen molar-refractivity contribution in [1.82, 2.24) is 9.97 Å². The zero-order chi connectivity index (χ0) is 25.6. The first kappa shape index (κ1) is 27.4. The van der Waals surface area contributed by atoms with Gasteiger partial charge in [-0.05, 0) is 42.5 Å². The lowest BCUT2D eigenvalue weighted by molar-refractivity contribution is -0.142. The maximum Gasteiger partial charge on any atom is 0.308 e. The minimum atomic E-state index is -3.60. The summed E-state index contributed by atoms with van der Waals surface area (Å²) in [6, 6.07) is 5.78. The summed E-state index contributed by atoms with van der Waals surface area (Å²) in [6.07, 6.45) is 4.16. The Balaban J connectivity index is 2.57. The molecule has 1 aromatic carbocycles. The third kappa shape index (κ3) is 7.33. The van der Waals surface area contributed by atoms with Crippen molar-refractivity contribution in [2.24, 2.45) is 5.92 Å². The van der Waals surface area contributed by atoms with Crippen molar-refractivity contribution >= 4 is 28.0 Å². The largest absolute Gasteiger partial charge is 0.469 e. The van der Waals surface area contributed by atoms with E-state index in [4.69, 9.17) is 0 Å². The monoisotopic (exact) mass is 493 g/mol. The van der Waals surface area contributed by atoms with Gasteiger partial charge in [0.15, 0.2) is 0 Å². The number of rotatable bonds is 10. The molecule has 186 valence electrons. The molecule has 1 heterocycles. The number of halogens is 1. The van der Waals surface area contributed by atoms with Crippen LogP contribution in [0.1, 0.15) is 50.8 Å². The molecule has 8 nitrogen and oxygen atoms in total. The van der Waals surface area contributed by atoms with Gasteiger partial charge in [-0.15, -0.1) is 0 Å². The van der Waals surface area contributed by atoms with Gasteiger partial charge in [0, 0.05) is 18.2 Å². The third-order valence-electron chi connectivity index (χ3n) is 5.27. The van der Waals surface area contributed by atoms with Crippen LogP contribution in [0.25, 0.3) is 17.3 Å². The molecule has 0 amide bonds. The van der Waals surface area contributed by atoms with Crippen LogP contribution in [-0.2, 0) is 19.6 Å². The highest BCUT2D eigenvalue weighted by Crippen LogP contribution is 2.32. The van der Waals surface area contributed by atoms with E-state index >= 15 is 0 Å². The summed E-state index contributed by atoms with van der Waals surface area (Å²) in [5, 5.41) is 10.1. The molecule has 1 aromatic heterocycles. The van der Waals surface area contributed by atoms with Crippen LogP contribution in [0.15, 0.2) is 30.3 Å². The summed E-state index contributed by atoms with van der Waals surface area (Å²) >= 11 is 0. The average molecular weight is 494 g/mol. The summed E-state index contributed by atoms with van der Waals surface area (Å²) in [7, 11) is -0.954. The lowest BCUT2D eigenvalue weighted by Gasteiger charge is -2.20. The number of allylic oxidation sites excluding steroid dienone is 1. The first-order chi connectivity index (χ1) is 15.8. The highest BCUT2D eigenvalue weighted by molar-refractivity contribution is 7.92. The number of carbonyl (C=O) groups is 1. The van der Waals surface area contributed by atoms with Gasteiger partial charge in [0.25, 0.3) is 0 Å². The zero-order valence-electron chi connectivity index (χ0n) is 20.3. The van der Waals surface area contributed by atoms with E-state index in [1.54, 1.807) is 12.1 Å². The third-order valence-corrected chi connectivity index (χ3v) is 6.43. The molecule has 0 aliphatic carbocycles. The molecule has 0 saturated heterocycles. The summed E-state index contributed by atoms with van der Waals surface area (Å²) in [6.45, 7) is 5.76. The predicted molar refractivity (Wildman–Crippen MR) is 130 cm³/mol. The number of sulfonamides is 1. The number of aliphatic hydroxyl groups is 1. The molecular weight excluding hydrogens is 461 g/mol. The van der Waals surface area contributed by atoms with Gasteiger partial charge < -0.3 is 9.84 Å². The van der Waals surface area contributed by atoms with E-state index in [0.717, 1.165) is 10.6 Å². The van der Waals surface area contributed by atoms with Crippen molar-refractivity contribution < 1.29 is 27.4 Å². The van der Waals surface area contributed by atoms with E-state index in [0.29, 0.717) is 28.9 Å². The van der Waals surface area contributed by atoms with Crippen LogP contribution in [-0.4, -0.2) is 56.0 Å². The first-order valence-corrected chi connectivity index (χ1v) is 12.7. The molecule has 2 aromatic rings. The van der Waals surface area contributed by atoms with E-state index in [1.807, 2.05) is 32.9 Å². The molecule has 0 bridgehead atoms. The summed E-state index contributed by atoms with van der Waals surface area (Å²) < 4.78 is 43.4. The lowest BCUT2D eigenvalue weighted by atomic mass is 9.95. The SMILES string of the molecule is COC(=O)C[C@H](O)C[C@H](C)/C=C/c1c(-c2ccc(F)cc2)nc(N(C)S(C)(=O)=O)nc1C(C)C. The Labute approximate surface area is 200 Å². The van der Waals surface area contributed by atoms with Gasteiger partial charge in [-0.1, -0.05) is 32.9 Å². The highest BCUT2D eigenvalue weighted by atomic mass is 32.2. The van der Waals surface area contributed by atoms with E-state index in [1.165, 1.54) is 26.3 Å². The fourth-order valence-electron chi connectivity index (χ4n) is 3.32. The molecule has 0 aliphatic heterocycles. The maximum absolute atomic E-state index is 13.6. The van der Waals surface area contributed by atoms with E-state index in [9.17, 15) is 22.7 Å². The number of aliphatic hydroxyl groups excluding tert-OH is 1. The number of hydrogen-bond acceptors (Lipinski definition) is 7. The Morgan fingerprint density at radius 1 is 1.21 bits per heavy atom. The Morgan fingerprint density at radius 3 is 2.35 bits per heavy atom. The number of methoxy groups -OCH3 is 1. The molecule has 0 spiro atoms. The quantitative estimate of drug-likeness (QED) is 0.502. The van der Waals surface area contributed by atoms with Crippen molar-refractivity contribution in [1.29, 1.82) is 0 Å². The van der Waals surface area contributed by atoms with Crippen molar-refractivity contribution in [3.05, 3.63) is 47.4 Å². The minimum absolute atomic E-state index is 0.0178. The Kier molecular flexibility index (Phi) is 9.29. The predicted octanol–water partition coefficient (Wildman–Crippen LogP) is 3.77. The van der Waals surface area contributed by atoms with Gasteiger partial charge in [-0.2, -0.15) is 0 Å². The molecule has 0 unspecified atom stereocenters. The zero-order valence-corrected chi connectivity index (χ0v) is 21.1. The van der Waals surface area contributed by atoms with E-state index < -0.39 is 27.9 Å². The molecular formula is C24H32FN3O5S. The van der Waals surface area contributed by atoms with Crippen molar-refractivity contribution in [2.75, 3.05) is 24.7 Å². The molecule has 1 N–H and O–H groups in total. The number of nitrogens with zero attached hydrogens (tertiary/aromatic N) is 3. The fraction of sp³-hybridized carbons (Fsp3) is 0.458. The highest BCUT2D eigenvalue weighted by Gasteiger charge is 2.22. The van der Waals surface area contributed by atoms with Crippen LogP contribution < -0.4 is 4.31 Å². The first-order valence-electron chi connectivity index (χ1n) is 10.9.